The van der Waals surface area contributed by atoms with Crippen LogP contribution in [0.2, 0.25) is 0 Å². The van der Waals surface area contributed by atoms with Crippen molar-refractivity contribution in [3.05, 3.63) is 59.7 Å². The molecule has 2 aromatic rings. The standard InChI is InChI=1S/C30H35N5O8/c1-30(2,3)43-29(41)33-24-12-14-35(27(39)32-24)16-25(36)34(17-26(37)38)15-13-31-28(40)42-18-23-21-10-6-4-8-19(21)20-9-5-7-11-22(20)23/h4-11,23H,12-18H2,1-3H3,(H,31,40)(H,37,38)(H,32,33,39,41). The van der Waals surface area contributed by atoms with Gasteiger partial charge in [-0.2, -0.15) is 4.99 Å². The van der Waals surface area contributed by atoms with E-state index in [1.54, 1.807) is 20.8 Å². The Morgan fingerprint density at radius 3 is 2.28 bits per heavy atom. The van der Waals surface area contributed by atoms with Gasteiger partial charge in [0.25, 0.3) is 0 Å². The fourth-order valence-corrected chi connectivity index (χ4v) is 4.90. The maximum absolute atomic E-state index is 12.9. The van der Waals surface area contributed by atoms with E-state index in [0.717, 1.165) is 27.2 Å². The van der Waals surface area contributed by atoms with Crippen molar-refractivity contribution in [3.8, 4) is 11.1 Å². The number of amides is 5. The first-order chi connectivity index (χ1) is 20.4. The summed E-state index contributed by atoms with van der Waals surface area (Å²) >= 11 is 0. The highest BCUT2D eigenvalue weighted by Crippen LogP contribution is 2.44. The zero-order chi connectivity index (χ0) is 31.1. The molecule has 1 fully saturated rings. The van der Waals surface area contributed by atoms with Crippen LogP contribution in [0, 0.1) is 0 Å². The number of fused-ring (bicyclic) bond motifs is 3. The Bertz CT molecular complexity index is 1390. The van der Waals surface area contributed by atoms with Gasteiger partial charge in [0.2, 0.25) is 5.91 Å². The molecule has 13 heteroatoms. The molecule has 0 aromatic heterocycles. The molecule has 4 rings (SSSR count). The molecule has 228 valence electrons. The number of amidine groups is 1. The molecule has 0 spiro atoms. The van der Waals surface area contributed by atoms with E-state index in [9.17, 15) is 29.1 Å². The number of aliphatic carboxylic acids is 1. The van der Waals surface area contributed by atoms with Crippen LogP contribution in [0.1, 0.15) is 44.2 Å². The van der Waals surface area contributed by atoms with Gasteiger partial charge in [-0.05, 0) is 43.0 Å². The smallest absolute Gasteiger partial charge is 0.435 e. The number of carboxylic acid groups (broad SMARTS) is 1. The predicted octanol–water partition coefficient (Wildman–Crippen LogP) is 3.19. The third-order valence-electron chi connectivity index (χ3n) is 6.78. The summed E-state index contributed by atoms with van der Waals surface area (Å²) in [5.74, 6) is -1.88. The molecular weight excluding hydrogens is 558 g/mol. The van der Waals surface area contributed by atoms with E-state index in [-0.39, 0.29) is 44.4 Å². The van der Waals surface area contributed by atoms with Crippen LogP contribution in [0.25, 0.3) is 11.1 Å². The van der Waals surface area contributed by atoms with Gasteiger partial charge in [-0.25, -0.2) is 14.4 Å². The predicted molar refractivity (Wildman–Crippen MR) is 156 cm³/mol. The molecule has 0 bridgehead atoms. The van der Waals surface area contributed by atoms with E-state index < -0.39 is 48.8 Å². The number of hydrogen-bond donors (Lipinski definition) is 3. The number of alkyl carbamates (subject to hydrolysis) is 1. The van der Waals surface area contributed by atoms with Crippen LogP contribution in [0.5, 0.6) is 0 Å². The summed E-state index contributed by atoms with van der Waals surface area (Å²) in [5.41, 5.74) is 3.60. The molecule has 1 saturated heterocycles. The summed E-state index contributed by atoms with van der Waals surface area (Å²) in [6, 6.07) is 15.2. The highest BCUT2D eigenvalue weighted by atomic mass is 16.6. The Morgan fingerprint density at radius 2 is 1.70 bits per heavy atom. The van der Waals surface area contributed by atoms with E-state index in [0.29, 0.717) is 0 Å². The summed E-state index contributed by atoms with van der Waals surface area (Å²) in [4.78, 5) is 67.2. The van der Waals surface area contributed by atoms with Crippen LogP contribution in [0.4, 0.5) is 14.4 Å². The Balaban J connectivity index is 1.26. The third-order valence-corrected chi connectivity index (χ3v) is 6.78. The lowest BCUT2D eigenvalue weighted by Gasteiger charge is -2.30. The Hall–Kier alpha value is -4.94. The quantitative estimate of drug-likeness (QED) is 0.399. The van der Waals surface area contributed by atoms with E-state index >= 15 is 0 Å². The van der Waals surface area contributed by atoms with Crippen molar-refractivity contribution in [1.82, 2.24) is 20.4 Å². The van der Waals surface area contributed by atoms with E-state index in [1.165, 1.54) is 4.90 Å². The van der Waals surface area contributed by atoms with Crippen molar-refractivity contribution in [2.24, 2.45) is 4.99 Å². The minimum absolute atomic E-state index is 0.0609. The van der Waals surface area contributed by atoms with Gasteiger partial charge in [-0.3, -0.25) is 14.9 Å². The number of urea groups is 1. The van der Waals surface area contributed by atoms with Gasteiger partial charge >= 0.3 is 24.2 Å². The van der Waals surface area contributed by atoms with Crippen LogP contribution in [-0.2, 0) is 19.1 Å². The number of nitrogens with one attached hydrogen (secondary N) is 2. The number of carbonyl (C=O) groups excluding carboxylic acids is 4. The summed E-state index contributed by atoms with van der Waals surface area (Å²) in [7, 11) is 0. The Morgan fingerprint density at radius 1 is 1.07 bits per heavy atom. The molecule has 2 aliphatic rings. The van der Waals surface area contributed by atoms with Gasteiger partial charge in [0.05, 0.1) is 0 Å². The zero-order valence-electron chi connectivity index (χ0n) is 24.3. The maximum Gasteiger partial charge on any atom is 0.435 e. The maximum atomic E-state index is 12.9. The number of aliphatic imine (C=N–C) groups is 1. The number of ether oxygens (including phenoxy) is 2. The lowest BCUT2D eigenvalue weighted by Crippen LogP contribution is -2.54. The van der Waals surface area contributed by atoms with Gasteiger partial charge in [-0.1, -0.05) is 48.5 Å². The SMILES string of the molecule is CC(C)(C)OC(=O)N=C1CCN(CC(=O)N(CCNC(=O)OCC2c3ccccc3-c3ccccc32)CC(=O)O)C(=O)N1. The fourth-order valence-electron chi connectivity index (χ4n) is 4.90. The van der Waals surface area contributed by atoms with E-state index in [4.69, 9.17) is 9.47 Å². The molecule has 0 atom stereocenters. The molecule has 43 heavy (non-hydrogen) atoms. The molecule has 0 saturated carbocycles. The molecule has 5 amide bonds. The fraction of sp³-hybridized carbons (Fsp3) is 0.400. The van der Waals surface area contributed by atoms with Crippen molar-refractivity contribution in [3.63, 3.8) is 0 Å². The third kappa shape index (κ3) is 8.31. The topological polar surface area (TPSA) is 167 Å². The summed E-state index contributed by atoms with van der Waals surface area (Å²) < 4.78 is 10.6. The number of benzene rings is 2. The van der Waals surface area contributed by atoms with Gasteiger partial charge in [-0.15, -0.1) is 0 Å². The van der Waals surface area contributed by atoms with Crippen LogP contribution in [0.15, 0.2) is 53.5 Å². The first kappa shape index (κ1) is 31.0. The van der Waals surface area contributed by atoms with Crippen molar-refractivity contribution >= 4 is 35.9 Å². The summed E-state index contributed by atoms with van der Waals surface area (Å²) in [6.07, 6.45) is -1.37. The summed E-state index contributed by atoms with van der Waals surface area (Å²) in [5, 5.41) is 14.3. The molecule has 1 aliphatic carbocycles. The van der Waals surface area contributed by atoms with Crippen LogP contribution in [0.3, 0.4) is 0 Å². The molecule has 13 nitrogen and oxygen atoms in total. The van der Waals surface area contributed by atoms with Gasteiger partial charge in [0.15, 0.2) is 0 Å². The number of carboxylic acids is 1. The molecule has 1 heterocycles. The molecular formula is C30H35N5O8. The molecule has 1 aliphatic heterocycles. The van der Waals surface area contributed by atoms with Crippen molar-refractivity contribution in [1.29, 1.82) is 0 Å². The van der Waals surface area contributed by atoms with E-state index in [1.807, 2.05) is 48.5 Å². The zero-order valence-corrected chi connectivity index (χ0v) is 24.3. The lowest BCUT2D eigenvalue weighted by atomic mass is 9.98. The minimum Gasteiger partial charge on any atom is -0.480 e. The number of nitrogens with zero attached hydrogens (tertiary/aromatic N) is 3. The first-order valence-electron chi connectivity index (χ1n) is 13.9. The average molecular weight is 594 g/mol. The first-order valence-corrected chi connectivity index (χ1v) is 13.9. The van der Waals surface area contributed by atoms with Gasteiger partial charge < -0.3 is 29.7 Å². The monoisotopic (exact) mass is 593 g/mol. The van der Waals surface area contributed by atoms with Crippen LogP contribution < -0.4 is 10.6 Å². The van der Waals surface area contributed by atoms with Crippen LogP contribution in [-0.4, -0.2) is 95.8 Å². The van der Waals surface area contributed by atoms with Crippen molar-refractivity contribution in [2.45, 2.75) is 38.7 Å². The van der Waals surface area contributed by atoms with Gasteiger partial charge in [0, 0.05) is 32.0 Å². The highest BCUT2D eigenvalue weighted by Gasteiger charge is 2.30. The largest absolute Gasteiger partial charge is 0.480 e. The second-order valence-corrected chi connectivity index (χ2v) is 11.1. The molecule has 0 radical (unpaired) electrons. The molecule has 3 N–H and O–H groups in total. The Labute approximate surface area is 248 Å². The molecule has 0 unspecified atom stereocenters. The number of hydrogen-bond acceptors (Lipinski definition) is 7. The van der Waals surface area contributed by atoms with Crippen molar-refractivity contribution in [2.75, 3.05) is 39.3 Å². The minimum atomic E-state index is -1.25. The highest BCUT2D eigenvalue weighted by molar-refractivity contribution is 6.04. The Kier molecular flexibility index (Phi) is 9.63. The lowest BCUT2D eigenvalue weighted by molar-refractivity contribution is -0.144. The number of rotatable bonds is 9. The average Bonchev–Trinajstić information content (AvgIpc) is 3.25. The normalized spacial score (nSPS) is 15.3. The second-order valence-electron chi connectivity index (χ2n) is 11.1. The van der Waals surface area contributed by atoms with E-state index in [2.05, 4.69) is 15.6 Å². The second kappa shape index (κ2) is 13.4. The molecule has 2 aromatic carbocycles. The summed E-state index contributed by atoms with van der Waals surface area (Å²) in [6.45, 7) is 4.07. The van der Waals surface area contributed by atoms with Crippen LogP contribution >= 0.6 is 0 Å². The van der Waals surface area contributed by atoms with Crippen molar-refractivity contribution < 1.29 is 38.6 Å². The number of carbonyl (C=O) groups is 5. The van der Waals surface area contributed by atoms with Gasteiger partial charge in [0.1, 0.15) is 31.1 Å².